The van der Waals surface area contributed by atoms with Crippen molar-refractivity contribution in [2.24, 2.45) is 11.5 Å². The lowest BCUT2D eigenvalue weighted by Gasteiger charge is -2.15. The molecule has 0 radical (unpaired) electrons. The number of hydrogen-bond acceptors (Lipinski definition) is 8. The number of ether oxygens (including phenoxy) is 1. The van der Waals surface area contributed by atoms with Gasteiger partial charge in [-0.15, -0.1) is 0 Å². The smallest absolute Gasteiger partial charge is 0.190 e. The Hall–Kier alpha value is -4.62. The first-order chi connectivity index (χ1) is 16.3. The van der Waals surface area contributed by atoms with Gasteiger partial charge in [0.2, 0.25) is 0 Å². The second-order valence-electron chi connectivity index (χ2n) is 7.80. The van der Waals surface area contributed by atoms with Gasteiger partial charge in [-0.25, -0.2) is 14.6 Å². The second-order valence-corrected chi connectivity index (χ2v) is 7.80. The Bertz CT molecular complexity index is 1470. The minimum atomic E-state index is -0.786. The number of pyridine rings is 1. The van der Waals surface area contributed by atoms with Crippen molar-refractivity contribution in [1.82, 2.24) is 24.3 Å². The highest BCUT2D eigenvalue weighted by Crippen LogP contribution is 2.26. The summed E-state index contributed by atoms with van der Waals surface area (Å²) in [7, 11) is 0. The van der Waals surface area contributed by atoms with Crippen molar-refractivity contribution in [2.45, 2.75) is 26.9 Å². The number of nitriles is 1. The van der Waals surface area contributed by atoms with Crippen molar-refractivity contribution < 1.29 is 9.84 Å². The molecule has 0 bridgehead atoms. The van der Waals surface area contributed by atoms with E-state index >= 15 is 0 Å². The minimum absolute atomic E-state index is 0.194. The van der Waals surface area contributed by atoms with Crippen molar-refractivity contribution >= 4 is 11.0 Å². The molecule has 0 fully saturated rings. The summed E-state index contributed by atoms with van der Waals surface area (Å²) in [6.45, 7) is 5.23. The van der Waals surface area contributed by atoms with E-state index in [4.69, 9.17) is 21.2 Å². The molecule has 0 saturated carbocycles. The predicted molar refractivity (Wildman–Crippen MR) is 127 cm³/mol. The number of hydrogen-bond donors (Lipinski definition) is 3. The van der Waals surface area contributed by atoms with Crippen molar-refractivity contribution in [3.63, 3.8) is 0 Å². The van der Waals surface area contributed by atoms with Crippen LogP contribution in [0.1, 0.15) is 36.9 Å². The highest BCUT2D eigenvalue weighted by Gasteiger charge is 2.17. The van der Waals surface area contributed by atoms with Gasteiger partial charge in [-0.2, -0.15) is 10.4 Å². The Morgan fingerprint density at radius 2 is 2.00 bits per heavy atom. The maximum absolute atomic E-state index is 10.3. The summed E-state index contributed by atoms with van der Waals surface area (Å²) in [6.07, 6.45) is 4.11. The number of nitrogens with two attached hydrogens (primary N) is 2. The fraction of sp³-hybridized carbons (Fsp3) is 0.167. The number of aromatic nitrogens is 5. The van der Waals surface area contributed by atoms with Gasteiger partial charge in [-0.05, 0) is 63.3 Å². The zero-order valence-corrected chi connectivity index (χ0v) is 19.0. The third-order valence-electron chi connectivity index (χ3n) is 5.06. The van der Waals surface area contributed by atoms with E-state index in [0.29, 0.717) is 28.6 Å². The van der Waals surface area contributed by atoms with E-state index < -0.39 is 6.10 Å². The predicted octanol–water partition coefficient (Wildman–Crippen LogP) is 2.88. The average Bonchev–Trinajstić information content (AvgIpc) is 3.40. The van der Waals surface area contributed by atoms with Gasteiger partial charge in [0, 0.05) is 23.0 Å². The normalized spacial score (nSPS) is 13.1. The first kappa shape index (κ1) is 22.6. The van der Waals surface area contributed by atoms with E-state index in [1.54, 1.807) is 71.9 Å². The Labute approximate surface area is 196 Å². The third-order valence-corrected chi connectivity index (χ3v) is 5.06. The van der Waals surface area contributed by atoms with Crippen LogP contribution in [-0.2, 0) is 0 Å². The van der Waals surface area contributed by atoms with E-state index in [1.165, 1.54) is 0 Å². The molecule has 1 unspecified atom stereocenters. The molecule has 34 heavy (non-hydrogen) atoms. The van der Waals surface area contributed by atoms with Gasteiger partial charge in [0.05, 0.1) is 17.1 Å². The Balaban J connectivity index is 1.80. The molecule has 3 heterocycles. The molecular formula is C24H24N8O2. The summed E-state index contributed by atoms with van der Waals surface area (Å²) >= 11 is 0. The zero-order chi connectivity index (χ0) is 24.4. The van der Waals surface area contributed by atoms with Crippen molar-refractivity contribution in [3.8, 4) is 23.5 Å². The van der Waals surface area contributed by atoms with E-state index in [0.717, 1.165) is 16.7 Å². The van der Waals surface area contributed by atoms with E-state index in [1.807, 2.05) is 19.1 Å². The molecule has 172 valence electrons. The Kier molecular flexibility index (Phi) is 6.03. The van der Waals surface area contributed by atoms with Crippen molar-refractivity contribution in [2.75, 3.05) is 0 Å². The maximum Gasteiger partial charge on any atom is 0.190 e. The number of allylic oxidation sites excluding steroid dienone is 3. The number of imidazole rings is 1. The first-order valence-corrected chi connectivity index (χ1v) is 10.5. The van der Waals surface area contributed by atoms with Crippen LogP contribution in [0.15, 0.2) is 66.5 Å². The molecule has 1 atom stereocenters. The topological polar surface area (TPSA) is 154 Å². The molecule has 10 heteroatoms. The summed E-state index contributed by atoms with van der Waals surface area (Å²) in [4.78, 5) is 9.21. The van der Waals surface area contributed by atoms with Crippen LogP contribution in [0.4, 0.5) is 0 Å². The number of rotatable bonds is 6. The quantitative estimate of drug-likeness (QED) is 0.296. The SMILES string of the molecule is C/C(N)=C/C=C(\N)Oc1ccc2ncn(-c3ccc(C(C)O)c(-n4nc(C#N)cc4C)n3)c2c1. The van der Waals surface area contributed by atoms with Gasteiger partial charge in [0.15, 0.2) is 17.4 Å². The number of aliphatic hydroxyl groups excluding tert-OH is 1. The van der Waals surface area contributed by atoms with Gasteiger partial charge < -0.3 is 21.3 Å². The van der Waals surface area contributed by atoms with Crippen LogP contribution in [0.2, 0.25) is 0 Å². The maximum atomic E-state index is 10.3. The zero-order valence-electron chi connectivity index (χ0n) is 19.0. The number of benzene rings is 1. The van der Waals surface area contributed by atoms with Gasteiger partial charge in [0.25, 0.3) is 0 Å². The van der Waals surface area contributed by atoms with Crippen LogP contribution in [0.25, 0.3) is 22.7 Å². The molecule has 4 aromatic rings. The lowest BCUT2D eigenvalue weighted by molar-refractivity contribution is 0.198. The summed E-state index contributed by atoms with van der Waals surface area (Å²) < 4.78 is 9.06. The molecule has 5 N–H and O–H groups in total. The molecule has 0 spiro atoms. The molecule has 1 aromatic carbocycles. The lowest BCUT2D eigenvalue weighted by Crippen LogP contribution is -2.11. The number of fused-ring (bicyclic) bond motifs is 1. The van der Waals surface area contributed by atoms with Crippen LogP contribution in [0.5, 0.6) is 5.75 Å². The average molecular weight is 457 g/mol. The van der Waals surface area contributed by atoms with Crippen LogP contribution < -0.4 is 16.2 Å². The summed E-state index contributed by atoms with van der Waals surface area (Å²) in [5.74, 6) is 1.70. The molecule has 4 rings (SSSR count). The minimum Gasteiger partial charge on any atom is -0.442 e. The highest BCUT2D eigenvalue weighted by molar-refractivity contribution is 5.78. The number of nitrogens with zero attached hydrogens (tertiary/aromatic N) is 6. The molecule has 0 aliphatic rings. The third kappa shape index (κ3) is 4.46. The number of aliphatic hydroxyl groups is 1. The fourth-order valence-electron chi connectivity index (χ4n) is 3.44. The molecular weight excluding hydrogens is 432 g/mol. The first-order valence-electron chi connectivity index (χ1n) is 10.5. The molecule has 0 amide bonds. The highest BCUT2D eigenvalue weighted by atomic mass is 16.5. The standard InChI is InChI=1S/C24H24N8O2/c1-14(26)4-8-22(27)34-18-5-7-20-21(11-18)31(13-28-20)23-9-6-19(16(3)33)24(29-23)32-15(2)10-17(12-25)30-32/h4-11,13,16,33H,26-27H2,1-3H3/b14-4-,22-8+. The van der Waals surface area contributed by atoms with Gasteiger partial charge in [0.1, 0.15) is 24.0 Å². The lowest BCUT2D eigenvalue weighted by atomic mass is 10.1. The van der Waals surface area contributed by atoms with Crippen LogP contribution in [0.3, 0.4) is 0 Å². The molecule has 10 nitrogen and oxygen atoms in total. The molecule has 0 aliphatic heterocycles. The monoisotopic (exact) mass is 456 g/mol. The second kappa shape index (κ2) is 9.09. The number of aryl methyl sites for hydroxylation is 1. The van der Waals surface area contributed by atoms with Gasteiger partial charge >= 0.3 is 0 Å². The molecule has 3 aromatic heterocycles. The van der Waals surface area contributed by atoms with E-state index in [-0.39, 0.29) is 11.6 Å². The summed E-state index contributed by atoms with van der Waals surface area (Å²) in [6, 6.07) is 12.7. The van der Waals surface area contributed by atoms with Crippen LogP contribution in [0, 0.1) is 18.3 Å². The van der Waals surface area contributed by atoms with Crippen molar-refractivity contribution in [1.29, 1.82) is 5.26 Å². The van der Waals surface area contributed by atoms with Crippen LogP contribution >= 0.6 is 0 Å². The van der Waals surface area contributed by atoms with Gasteiger partial charge in [-0.3, -0.25) is 4.57 Å². The van der Waals surface area contributed by atoms with E-state index in [2.05, 4.69) is 10.1 Å². The molecule has 0 saturated heterocycles. The summed E-state index contributed by atoms with van der Waals surface area (Å²) in [5.41, 5.74) is 15.2. The Morgan fingerprint density at radius 1 is 1.21 bits per heavy atom. The van der Waals surface area contributed by atoms with Gasteiger partial charge in [-0.1, -0.05) is 0 Å². The molecule has 0 aliphatic carbocycles. The van der Waals surface area contributed by atoms with E-state index in [9.17, 15) is 10.4 Å². The van der Waals surface area contributed by atoms with Crippen molar-refractivity contribution in [3.05, 3.63) is 83.4 Å². The summed E-state index contributed by atoms with van der Waals surface area (Å²) in [5, 5.41) is 23.8. The largest absolute Gasteiger partial charge is 0.442 e. The fourth-order valence-corrected chi connectivity index (χ4v) is 3.44. The Morgan fingerprint density at radius 3 is 2.68 bits per heavy atom. The van der Waals surface area contributed by atoms with Crippen LogP contribution in [-0.4, -0.2) is 29.4 Å².